The molecule has 102 valence electrons. The highest BCUT2D eigenvalue weighted by molar-refractivity contribution is 9.10. The number of hydrogen-bond donors (Lipinski definition) is 2. The van der Waals surface area contributed by atoms with Gasteiger partial charge in [-0.1, -0.05) is 15.9 Å². The topological polar surface area (TPSA) is 50.9 Å². The molecule has 0 saturated carbocycles. The second-order valence-corrected chi connectivity index (χ2v) is 6.28. The van der Waals surface area contributed by atoms with Crippen LogP contribution in [0.1, 0.15) is 16.3 Å². The van der Waals surface area contributed by atoms with Gasteiger partial charge in [-0.25, -0.2) is 9.37 Å². The lowest BCUT2D eigenvalue weighted by Crippen LogP contribution is -2.38. The number of aromatic nitrogens is 1. The predicted octanol–water partition coefficient (Wildman–Crippen LogP) is 2.97. The number of nitrogens with one attached hydrogen (secondary N) is 1. The Morgan fingerprint density at radius 1 is 1.47 bits per heavy atom. The largest absolute Gasteiger partial charge is 0.271 e. The van der Waals surface area contributed by atoms with E-state index in [-0.39, 0.29) is 11.9 Å². The molecule has 19 heavy (non-hydrogen) atoms. The number of rotatable bonds is 5. The molecular formula is C13H15BrFN3S. The Morgan fingerprint density at radius 3 is 2.89 bits per heavy atom. The van der Waals surface area contributed by atoms with Crippen molar-refractivity contribution >= 4 is 27.3 Å². The van der Waals surface area contributed by atoms with Crippen molar-refractivity contribution < 1.29 is 4.39 Å². The first-order valence-electron chi connectivity index (χ1n) is 5.89. The molecule has 0 bridgehead atoms. The molecule has 0 aliphatic rings. The van der Waals surface area contributed by atoms with Crippen molar-refractivity contribution in [1.29, 1.82) is 0 Å². The van der Waals surface area contributed by atoms with Gasteiger partial charge >= 0.3 is 0 Å². The zero-order valence-electron chi connectivity index (χ0n) is 10.5. The van der Waals surface area contributed by atoms with E-state index in [9.17, 15) is 4.39 Å². The Labute approximate surface area is 124 Å². The zero-order chi connectivity index (χ0) is 13.8. The van der Waals surface area contributed by atoms with Gasteiger partial charge in [-0.15, -0.1) is 11.3 Å². The lowest BCUT2D eigenvalue weighted by atomic mass is 10.0. The van der Waals surface area contributed by atoms with E-state index in [0.29, 0.717) is 6.42 Å². The third-order valence-electron chi connectivity index (χ3n) is 2.83. The van der Waals surface area contributed by atoms with Gasteiger partial charge in [0.25, 0.3) is 0 Å². The minimum atomic E-state index is -0.238. The Morgan fingerprint density at radius 2 is 2.26 bits per heavy atom. The molecule has 2 rings (SSSR count). The van der Waals surface area contributed by atoms with Gasteiger partial charge in [0.1, 0.15) is 5.82 Å². The molecule has 3 nitrogen and oxygen atoms in total. The van der Waals surface area contributed by atoms with Crippen LogP contribution in [-0.2, 0) is 12.8 Å². The van der Waals surface area contributed by atoms with Crippen LogP contribution in [0.4, 0.5) is 4.39 Å². The summed E-state index contributed by atoms with van der Waals surface area (Å²) < 4.78 is 14.1. The summed E-state index contributed by atoms with van der Waals surface area (Å²) in [4.78, 5) is 4.42. The molecule has 0 aliphatic carbocycles. The van der Waals surface area contributed by atoms with Crippen LogP contribution in [-0.4, -0.2) is 11.0 Å². The van der Waals surface area contributed by atoms with Crippen LogP contribution in [0.15, 0.2) is 28.1 Å². The van der Waals surface area contributed by atoms with E-state index in [1.165, 1.54) is 12.1 Å². The van der Waals surface area contributed by atoms with E-state index >= 15 is 0 Å². The Hall–Kier alpha value is -0.820. The van der Waals surface area contributed by atoms with Crippen LogP contribution in [0.3, 0.4) is 0 Å². The molecule has 0 spiro atoms. The van der Waals surface area contributed by atoms with Gasteiger partial charge in [-0.2, -0.15) is 0 Å². The van der Waals surface area contributed by atoms with Crippen molar-refractivity contribution in [3.8, 4) is 0 Å². The quantitative estimate of drug-likeness (QED) is 0.648. The van der Waals surface area contributed by atoms with Crippen molar-refractivity contribution in [1.82, 2.24) is 10.4 Å². The van der Waals surface area contributed by atoms with Gasteiger partial charge in [0, 0.05) is 22.3 Å². The summed E-state index contributed by atoms with van der Waals surface area (Å²) >= 11 is 5.05. The highest BCUT2D eigenvalue weighted by Gasteiger charge is 2.13. The average Bonchev–Trinajstić information content (AvgIpc) is 2.78. The summed E-state index contributed by atoms with van der Waals surface area (Å²) in [6, 6.07) is 4.70. The number of benzene rings is 1. The summed E-state index contributed by atoms with van der Waals surface area (Å²) in [6.45, 7) is 1.97. The lowest BCUT2D eigenvalue weighted by molar-refractivity contribution is 0.515. The van der Waals surface area contributed by atoms with Gasteiger partial charge < -0.3 is 0 Å². The lowest BCUT2D eigenvalue weighted by Gasteiger charge is -2.15. The van der Waals surface area contributed by atoms with Crippen LogP contribution < -0.4 is 11.3 Å². The van der Waals surface area contributed by atoms with Crippen molar-refractivity contribution in [2.45, 2.75) is 25.8 Å². The number of halogens is 2. The van der Waals surface area contributed by atoms with Gasteiger partial charge in [-0.05, 0) is 37.1 Å². The van der Waals surface area contributed by atoms with E-state index in [1.54, 1.807) is 17.4 Å². The molecule has 0 amide bonds. The first kappa shape index (κ1) is 14.6. The maximum atomic E-state index is 13.2. The molecule has 1 aromatic heterocycles. The maximum Gasteiger partial charge on any atom is 0.123 e. The summed E-state index contributed by atoms with van der Waals surface area (Å²) in [6.07, 6.45) is 1.37. The van der Waals surface area contributed by atoms with Crippen LogP contribution in [0, 0.1) is 12.7 Å². The summed E-state index contributed by atoms with van der Waals surface area (Å²) in [5, 5.41) is 3.07. The first-order chi connectivity index (χ1) is 9.08. The SMILES string of the molecule is Cc1nc(CC(Cc2cc(F)ccc2Br)NN)cs1. The van der Waals surface area contributed by atoms with Gasteiger partial charge in [-0.3, -0.25) is 11.3 Å². The molecule has 2 aromatic rings. The zero-order valence-corrected chi connectivity index (χ0v) is 12.9. The van der Waals surface area contributed by atoms with E-state index in [2.05, 4.69) is 26.3 Å². The molecule has 1 unspecified atom stereocenters. The normalized spacial score (nSPS) is 12.6. The fourth-order valence-electron chi connectivity index (χ4n) is 1.91. The fourth-order valence-corrected chi connectivity index (χ4v) is 2.94. The second-order valence-electron chi connectivity index (χ2n) is 4.37. The predicted molar refractivity (Wildman–Crippen MR) is 79.5 cm³/mol. The number of nitrogens with two attached hydrogens (primary N) is 1. The third kappa shape index (κ3) is 4.07. The van der Waals surface area contributed by atoms with E-state index in [0.717, 1.165) is 27.2 Å². The second kappa shape index (κ2) is 6.56. The van der Waals surface area contributed by atoms with Crippen LogP contribution in [0.5, 0.6) is 0 Å². The van der Waals surface area contributed by atoms with Crippen LogP contribution in [0.2, 0.25) is 0 Å². The molecule has 1 aromatic carbocycles. The maximum absolute atomic E-state index is 13.2. The molecule has 0 fully saturated rings. The molecule has 0 aliphatic heterocycles. The van der Waals surface area contributed by atoms with Crippen molar-refractivity contribution in [3.05, 3.63) is 50.1 Å². The Bertz CT molecular complexity index is 559. The molecular weight excluding hydrogens is 329 g/mol. The van der Waals surface area contributed by atoms with Crippen molar-refractivity contribution in [2.75, 3.05) is 0 Å². The Balaban J connectivity index is 2.08. The smallest absolute Gasteiger partial charge is 0.123 e. The van der Waals surface area contributed by atoms with Crippen molar-refractivity contribution in [2.24, 2.45) is 5.84 Å². The first-order valence-corrected chi connectivity index (χ1v) is 7.57. The van der Waals surface area contributed by atoms with Crippen LogP contribution in [0.25, 0.3) is 0 Å². The Kier molecular flexibility index (Phi) is 5.04. The minimum Gasteiger partial charge on any atom is -0.271 e. The average molecular weight is 344 g/mol. The third-order valence-corrected chi connectivity index (χ3v) is 4.43. The minimum absolute atomic E-state index is 0.0274. The van der Waals surface area contributed by atoms with E-state index in [4.69, 9.17) is 5.84 Å². The molecule has 0 radical (unpaired) electrons. The number of hydrazine groups is 1. The van der Waals surface area contributed by atoms with E-state index < -0.39 is 0 Å². The van der Waals surface area contributed by atoms with Gasteiger partial charge in [0.2, 0.25) is 0 Å². The van der Waals surface area contributed by atoms with Gasteiger partial charge in [0.15, 0.2) is 0 Å². The standard InChI is InChI=1S/C13H15BrFN3S/c1-8-17-12(7-19-8)6-11(18-16)5-9-4-10(15)2-3-13(9)14/h2-4,7,11,18H,5-6,16H2,1H3. The van der Waals surface area contributed by atoms with E-state index in [1.807, 2.05) is 12.3 Å². The number of hydrogen-bond acceptors (Lipinski definition) is 4. The number of thiazole rings is 1. The van der Waals surface area contributed by atoms with Crippen LogP contribution >= 0.6 is 27.3 Å². The monoisotopic (exact) mass is 343 g/mol. The summed E-state index contributed by atoms with van der Waals surface area (Å²) in [5.74, 6) is 5.34. The molecule has 1 heterocycles. The number of aryl methyl sites for hydroxylation is 1. The fraction of sp³-hybridized carbons (Fsp3) is 0.308. The summed E-state index contributed by atoms with van der Waals surface area (Å²) in [5.41, 5.74) is 4.69. The molecule has 0 saturated heterocycles. The molecule has 1 atom stereocenters. The molecule has 3 N–H and O–H groups in total. The number of nitrogens with zero attached hydrogens (tertiary/aromatic N) is 1. The summed E-state index contributed by atoms with van der Waals surface area (Å²) in [7, 11) is 0. The van der Waals surface area contributed by atoms with Crippen molar-refractivity contribution in [3.63, 3.8) is 0 Å². The molecule has 6 heteroatoms. The van der Waals surface area contributed by atoms with Gasteiger partial charge in [0.05, 0.1) is 10.7 Å². The highest BCUT2D eigenvalue weighted by atomic mass is 79.9. The highest BCUT2D eigenvalue weighted by Crippen LogP contribution is 2.20.